The van der Waals surface area contributed by atoms with Crippen molar-refractivity contribution in [2.75, 3.05) is 18.8 Å². The number of thiophene rings is 1. The zero-order valence-electron chi connectivity index (χ0n) is 14.8. The Hall–Kier alpha value is -3.23. The molecule has 0 aliphatic carbocycles. The van der Waals surface area contributed by atoms with Crippen LogP contribution in [-0.4, -0.2) is 32.8 Å². The number of aromatic nitrogens is 4. The van der Waals surface area contributed by atoms with E-state index in [1.807, 2.05) is 29.2 Å². The molecule has 6 heterocycles. The molecule has 0 spiro atoms. The van der Waals surface area contributed by atoms with E-state index in [0.717, 1.165) is 51.0 Å². The quantitative estimate of drug-likeness (QED) is 0.489. The summed E-state index contributed by atoms with van der Waals surface area (Å²) in [6.07, 6.45) is 9.41. The fourth-order valence-corrected chi connectivity index (χ4v) is 4.53. The molecule has 1 saturated heterocycles. The Morgan fingerprint density at radius 2 is 2.11 bits per heavy atom. The van der Waals surface area contributed by atoms with Crippen molar-refractivity contribution < 1.29 is 4.42 Å². The van der Waals surface area contributed by atoms with Gasteiger partial charge >= 0.3 is 0 Å². The smallest absolute Gasteiger partial charge is 0.177 e. The highest BCUT2D eigenvalue weighted by Crippen LogP contribution is 2.40. The van der Waals surface area contributed by atoms with Gasteiger partial charge in [-0.15, -0.1) is 11.3 Å². The summed E-state index contributed by atoms with van der Waals surface area (Å²) in [5.74, 6) is 1.17. The molecule has 138 valence electrons. The van der Waals surface area contributed by atoms with Crippen molar-refractivity contribution in [3.05, 3.63) is 48.5 Å². The van der Waals surface area contributed by atoms with E-state index in [1.54, 1.807) is 23.7 Å². The highest BCUT2D eigenvalue weighted by Gasteiger charge is 2.21. The zero-order chi connectivity index (χ0) is 18.7. The van der Waals surface area contributed by atoms with Gasteiger partial charge in [0.05, 0.1) is 16.9 Å². The summed E-state index contributed by atoms with van der Waals surface area (Å²) < 4.78 is 9.29. The summed E-state index contributed by atoms with van der Waals surface area (Å²) >= 11 is 1.65. The van der Waals surface area contributed by atoms with E-state index in [-0.39, 0.29) is 0 Å². The van der Waals surface area contributed by atoms with Gasteiger partial charge in [0.2, 0.25) is 0 Å². The number of nitrogens with two attached hydrogens (primary N) is 1. The highest BCUT2D eigenvalue weighted by atomic mass is 32.1. The molecule has 1 aliphatic rings. The van der Waals surface area contributed by atoms with Gasteiger partial charge < -0.3 is 15.5 Å². The second-order valence-electron chi connectivity index (χ2n) is 6.95. The largest absolute Gasteiger partial charge is 0.452 e. The third kappa shape index (κ3) is 2.28. The number of pyridine rings is 2. The lowest BCUT2D eigenvalue weighted by Gasteiger charge is -2.27. The van der Waals surface area contributed by atoms with Crippen LogP contribution in [0.3, 0.4) is 0 Å². The predicted molar refractivity (Wildman–Crippen MR) is 110 cm³/mol. The van der Waals surface area contributed by atoms with Gasteiger partial charge in [-0.25, -0.2) is 4.98 Å². The number of rotatable bonds is 3. The summed E-state index contributed by atoms with van der Waals surface area (Å²) in [4.78, 5) is 8.55. The zero-order valence-corrected chi connectivity index (χ0v) is 15.6. The van der Waals surface area contributed by atoms with E-state index >= 15 is 0 Å². The van der Waals surface area contributed by atoms with Gasteiger partial charge in [0.25, 0.3) is 0 Å². The minimum absolute atomic E-state index is 0.391. The fraction of sp³-hybridized carbons (Fsp3) is 0.150. The third-order valence-electron chi connectivity index (χ3n) is 5.28. The number of fused-ring (bicyclic) bond motifs is 2. The summed E-state index contributed by atoms with van der Waals surface area (Å²) in [5, 5.41) is 12.0. The number of hydrogen-bond donors (Lipinski definition) is 2. The second kappa shape index (κ2) is 5.88. The normalized spacial score (nSPS) is 14.7. The standard InChI is InChI=1S/C20H16N6OS/c21-20-19-14(3-17(27-19)16-10-28-18-8-22-2-1-13(16)18)15(7-24-20)11-4-25-26(9-11)12-5-23-6-12/h1-4,7-10,12,23H,5-6H2,(H2,21,24). The maximum atomic E-state index is 6.16. The van der Waals surface area contributed by atoms with Crippen molar-refractivity contribution in [3.8, 4) is 22.5 Å². The summed E-state index contributed by atoms with van der Waals surface area (Å²) in [6.45, 7) is 1.90. The molecule has 8 heteroatoms. The molecule has 0 atom stereocenters. The number of nitrogen functional groups attached to an aromatic ring is 1. The lowest BCUT2D eigenvalue weighted by Crippen LogP contribution is -2.43. The third-order valence-corrected chi connectivity index (χ3v) is 6.21. The van der Waals surface area contributed by atoms with Crippen molar-refractivity contribution in [1.82, 2.24) is 25.1 Å². The molecule has 0 bridgehead atoms. The van der Waals surface area contributed by atoms with Crippen LogP contribution >= 0.6 is 11.3 Å². The van der Waals surface area contributed by atoms with Crippen molar-refractivity contribution in [3.63, 3.8) is 0 Å². The van der Waals surface area contributed by atoms with Gasteiger partial charge in [0.15, 0.2) is 11.4 Å². The first kappa shape index (κ1) is 15.8. The SMILES string of the molecule is Nc1ncc(-c2cnn(C3CNC3)c2)c2cc(-c3csc4cnccc34)oc12. The number of hydrogen-bond acceptors (Lipinski definition) is 7. The van der Waals surface area contributed by atoms with Crippen molar-refractivity contribution in [2.45, 2.75) is 6.04 Å². The van der Waals surface area contributed by atoms with Gasteiger partial charge in [0.1, 0.15) is 5.76 Å². The number of nitrogens with zero attached hydrogens (tertiary/aromatic N) is 4. The Kier molecular flexibility index (Phi) is 3.32. The fourth-order valence-electron chi connectivity index (χ4n) is 3.62. The van der Waals surface area contributed by atoms with E-state index < -0.39 is 0 Å². The first-order valence-corrected chi connectivity index (χ1v) is 9.91. The van der Waals surface area contributed by atoms with Gasteiger partial charge in [-0.3, -0.25) is 9.67 Å². The predicted octanol–water partition coefficient (Wildman–Crippen LogP) is 3.69. The Morgan fingerprint density at radius 3 is 2.96 bits per heavy atom. The van der Waals surface area contributed by atoms with Crippen LogP contribution in [0, 0.1) is 0 Å². The second-order valence-corrected chi connectivity index (χ2v) is 7.86. The van der Waals surface area contributed by atoms with Crippen LogP contribution in [0.4, 0.5) is 5.82 Å². The van der Waals surface area contributed by atoms with Crippen LogP contribution in [0.2, 0.25) is 0 Å². The lowest BCUT2D eigenvalue weighted by atomic mass is 10.1. The molecule has 3 N–H and O–H groups in total. The molecule has 0 amide bonds. The van der Waals surface area contributed by atoms with Gasteiger partial charge in [0, 0.05) is 70.7 Å². The summed E-state index contributed by atoms with van der Waals surface area (Å²) in [5.41, 5.74) is 9.76. The summed E-state index contributed by atoms with van der Waals surface area (Å²) in [6, 6.07) is 4.47. The molecule has 5 aromatic rings. The highest BCUT2D eigenvalue weighted by molar-refractivity contribution is 7.17. The molecule has 7 nitrogen and oxygen atoms in total. The molecule has 1 fully saturated rings. The van der Waals surface area contributed by atoms with Crippen molar-refractivity contribution in [2.24, 2.45) is 0 Å². The van der Waals surface area contributed by atoms with Crippen LogP contribution in [0.1, 0.15) is 6.04 Å². The number of furan rings is 1. The average molecular weight is 388 g/mol. The van der Waals surface area contributed by atoms with Gasteiger partial charge in [-0.05, 0) is 12.1 Å². The maximum absolute atomic E-state index is 6.16. The van der Waals surface area contributed by atoms with Crippen LogP contribution < -0.4 is 11.1 Å². The minimum atomic E-state index is 0.391. The van der Waals surface area contributed by atoms with E-state index in [9.17, 15) is 0 Å². The molecule has 0 aromatic carbocycles. The Bertz CT molecular complexity index is 1330. The molecule has 6 rings (SSSR count). The molecule has 5 aromatic heterocycles. The number of anilines is 1. The van der Waals surface area contributed by atoms with Crippen LogP contribution in [-0.2, 0) is 0 Å². The van der Waals surface area contributed by atoms with Crippen LogP contribution in [0.5, 0.6) is 0 Å². The van der Waals surface area contributed by atoms with E-state index in [2.05, 4.69) is 32.0 Å². The van der Waals surface area contributed by atoms with Gasteiger partial charge in [-0.2, -0.15) is 5.10 Å². The lowest BCUT2D eigenvalue weighted by molar-refractivity contribution is 0.318. The van der Waals surface area contributed by atoms with E-state index in [0.29, 0.717) is 17.4 Å². The molecular formula is C20H16N6OS. The molecule has 0 saturated carbocycles. The van der Waals surface area contributed by atoms with Gasteiger partial charge in [-0.1, -0.05) is 0 Å². The Balaban J connectivity index is 1.52. The topological polar surface area (TPSA) is 94.8 Å². The Labute approximate surface area is 163 Å². The minimum Gasteiger partial charge on any atom is -0.452 e. The number of nitrogens with one attached hydrogen (secondary N) is 1. The van der Waals surface area contributed by atoms with Crippen LogP contribution in [0.15, 0.2) is 52.9 Å². The van der Waals surface area contributed by atoms with Crippen molar-refractivity contribution in [1.29, 1.82) is 0 Å². The van der Waals surface area contributed by atoms with E-state index in [4.69, 9.17) is 10.2 Å². The maximum Gasteiger partial charge on any atom is 0.177 e. The Morgan fingerprint density at radius 1 is 1.18 bits per heavy atom. The first-order valence-electron chi connectivity index (χ1n) is 9.03. The van der Waals surface area contributed by atoms with E-state index in [1.165, 1.54) is 0 Å². The molecular weight excluding hydrogens is 372 g/mol. The van der Waals surface area contributed by atoms with Crippen molar-refractivity contribution >= 4 is 38.2 Å². The summed E-state index contributed by atoms with van der Waals surface area (Å²) in [7, 11) is 0. The molecule has 1 aliphatic heterocycles. The molecule has 0 unspecified atom stereocenters. The van der Waals surface area contributed by atoms with Crippen LogP contribution in [0.25, 0.3) is 43.5 Å². The molecule has 28 heavy (non-hydrogen) atoms. The first-order chi connectivity index (χ1) is 13.8. The monoisotopic (exact) mass is 388 g/mol. The average Bonchev–Trinajstić information content (AvgIpc) is 3.38. The molecule has 0 radical (unpaired) electrons.